The summed E-state index contributed by atoms with van der Waals surface area (Å²) in [6.45, 7) is 5.99. The van der Waals surface area contributed by atoms with E-state index in [-0.39, 0.29) is 18.5 Å². The molecule has 0 aliphatic rings. The topological polar surface area (TPSA) is 66.5 Å². The molecule has 0 radical (unpaired) electrons. The second kappa shape index (κ2) is 9.73. The maximum absolute atomic E-state index is 12.7. The van der Waals surface area contributed by atoms with Crippen LogP contribution in [0.2, 0.25) is 0 Å². The molecule has 0 spiro atoms. The largest absolute Gasteiger partial charge is 0.348 e. The number of rotatable bonds is 9. The van der Waals surface area contributed by atoms with Gasteiger partial charge in [-0.25, -0.2) is 8.42 Å². The molecule has 0 aliphatic heterocycles. The van der Waals surface area contributed by atoms with Gasteiger partial charge in [-0.2, -0.15) is 0 Å². The zero-order valence-electron chi connectivity index (χ0n) is 17.1. The van der Waals surface area contributed by atoms with Gasteiger partial charge >= 0.3 is 0 Å². The van der Waals surface area contributed by atoms with Crippen LogP contribution in [0.4, 0.5) is 5.69 Å². The highest BCUT2D eigenvalue weighted by Gasteiger charge is 2.23. The van der Waals surface area contributed by atoms with Gasteiger partial charge in [-0.3, -0.25) is 9.10 Å². The summed E-state index contributed by atoms with van der Waals surface area (Å²) in [4.78, 5) is 12.7. The fourth-order valence-corrected chi connectivity index (χ4v) is 3.96. The number of carbonyl (C=O) groups excluding carboxylic acids is 1. The summed E-state index contributed by atoms with van der Waals surface area (Å²) in [6, 6.07) is 16.9. The summed E-state index contributed by atoms with van der Waals surface area (Å²) < 4.78 is 25.8. The van der Waals surface area contributed by atoms with Crippen molar-refractivity contribution in [2.24, 2.45) is 5.92 Å². The van der Waals surface area contributed by atoms with E-state index in [0.717, 1.165) is 34.5 Å². The number of benzene rings is 2. The molecule has 0 aliphatic carbocycles. The van der Waals surface area contributed by atoms with Crippen molar-refractivity contribution in [2.45, 2.75) is 39.7 Å². The Balaban J connectivity index is 2.19. The molecule has 0 aromatic heterocycles. The van der Waals surface area contributed by atoms with Gasteiger partial charge < -0.3 is 5.32 Å². The number of carbonyl (C=O) groups is 1. The first kappa shape index (κ1) is 22.0. The highest BCUT2D eigenvalue weighted by Crippen LogP contribution is 2.22. The summed E-state index contributed by atoms with van der Waals surface area (Å²) in [5, 5.41) is 3.01. The van der Waals surface area contributed by atoms with Crippen LogP contribution in [0, 0.1) is 5.92 Å². The normalized spacial score (nSPS) is 12.6. The predicted octanol–water partition coefficient (Wildman–Crippen LogP) is 3.92. The molecule has 28 heavy (non-hydrogen) atoms. The Morgan fingerprint density at radius 1 is 1.04 bits per heavy atom. The first-order valence-electron chi connectivity index (χ1n) is 9.61. The fraction of sp³-hybridized carbons (Fsp3) is 0.409. The number of hydrogen-bond donors (Lipinski definition) is 1. The van der Waals surface area contributed by atoms with Crippen molar-refractivity contribution >= 4 is 21.6 Å². The smallest absolute Gasteiger partial charge is 0.241 e. The molecule has 1 amide bonds. The minimum Gasteiger partial charge on any atom is -0.348 e. The van der Waals surface area contributed by atoms with Crippen molar-refractivity contribution < 1.29 is 13.2 Å². The lowest BCUT2D eigenvalue weighted by Crippen LogP contribution is -2.41. The molecule has 0 saturated heterocycles. The lowest BCUT2D eigenvalue weighted by molar-refractivity contribution is -0.120. The summed E-state index contributed by atoms with van der Waals surface area (Å²) >= 11 is 0. The summed E-state index contributed by atoms with van der Waals surface area (Å²) in [6.07, 6.45) is 2.77. The average Bonchev–Trinajstić information content (AvgIpc) is 2.65. The molecule has 0 saturated carbocycles. The number of nitrogens with one attached hydrogen (secondary N) is 1. The van der Waals surface area contributed by atoms with Crippen molar-refractivity contribution in [2.75, 3.05) is 17.1 Å². The molecule has 0 heterocycles. The number of nitrogens with zero attached hydrogens (tertiary/aromatic N) is 1. The Labute approximate surface area is 168 Å². The lowest BCUT2D eigenvalue weighted by atomic mass is 9.97. The van der Waals surface area contributed by atoms with Gasteiger partial charge in [0.2, 0.25) is 15.9 Å². The van der Waals surface area contributed by atoms with Gasteiger partial charge in [0.15, 0.2) is 0 Å². The molecule has 1 atom stereocenters. The number of anilines is 1. The van der Waals surface area contributed by atoms with Gasteiger partial charge in [0.1, 0.15) is 6.54 Å². The molecule has 2 rings (SSSR count). The number of hydrogen-bond acceptors (Lipinski definition) is 3. The summed E-state index contributed by atoms with van der Waals surface area (Å²) in [5.41, 5.74) is 2.63. The SMILES string of the molecule is CCc1ccc(N(CC(=O)N[C@@H](CC(C)C)c2ccccc2)S(C)(=O)=O)cc1. The van der Waals surface area contributed by atoms with Gasteiger partial charge in [0.05, 0.1) is 18.0 Å². The van der Waals surface area contributed by atoms with Crippen LogP contribution in [-0.4, -0.2) is 27.1 Å². The van der Waals surface area contributed by atoms with E-state index in [4.69, 9.17) is 0 Å². The lowest BCUT2D eigenvalue weighted by Gasteiger charge is -2.25. The van der Waals surface area contributed by atoms with E-state index in [1.807, 2.05) is 49.4 Å². The standard InChI is InChI=1S/C22H30N2O3S/c1-5-18-11-13-20(14-12-18)24(28(4,26)27)16-22(25)23-21(15-17(2)3)19-9-7-6-8-10-19/h6-14,17,21H,5,15-16H2,1-4H3,(H,23,25)/t21-/m0/s1. The van der Waals surface area contributed by atoms with E-state index >= 15 is 0 Å². The van der Waals surface area contributed by atoms with E-state index in [1.165, 1.54) is 0 Å². The summed E-state index contributed by atoms with van der Waals surface area (Å²) in [5.74, 6) is 0.0672. The molecule has 0 fully saturated rings. The van der Waals surface area contributed by atoms with Crippen molar-refractivity contribution in [3.05, 3.63) is 65.7 Å². The second-order valence-electron chi connectivity index (χ2n) is 7.45. The predicted molar refractivity (Wildman–Crippen MR) is 115 cm³/mol. The van der Waals surface area contributed by atoms with Crippen LogP contribution in [0.15, 0.2) is 54.6 Å². The van der Waals surface area contributed by atoms with Crippen LogP contribution in [0.5, 0.6) is 0 Å². The highest BCUT2D eigenvalue weighted by atomic mass is 32.2. The van der Waals surface area contributed by atoms with Gasteiger partial charge in [0.25, 0.3) is 0 Å². The van der Waals surface area contributed by atoms with E-state index in [0.29, 0.717) is 11.6 Å². The number of amides is 1. The van der Waals surface area contributed by atoms with Crippen LogP contribution >= 0.6 is 0 Å². The monoisotopic (exact) mass is 402 g/mol. The summed E-state index contributed by atoms with van der Waals surface area (Å²) in [7, 11) is -3.58. The van der Waals surface area contributed by atoms with Gasteiger partial charge in [-0.1, -0.05) is 63.2 Å². The van der Waals surface area contributed by atoms with Gasteiger partial charge in [0, 0.05) is 0 Å². The Hall–Kier alpha value is -2.34. The first-order chi connectivity index (χ1) is 13.2. The molecule has 0 bridgehead atoms. The minimum atomic E-state index is -3.58. The average molecular weight is 403 g/mol. The highest BCUT2D eigenvalue weighted by molar-refractivity contribution is 7.92. The Morgan fingerprint density at radius 2 is 1.64 bits per heavy atom. The van der Waals surface area contributed by atoms with E-state index in [1.54, 1.807) is 12.1 Å². The maximum Gasteiger partial charge on any atom is 0.241 e. The molecule has 5 nitrogen and oxygen atoms in total. The maximum atomic E-state index is 12.7. The van der Waals surface area contributed by atoms with Crippen molar-refractivity contribution in [1.82, 2.24) is 5.32 Å². The van der Waals surface area contributed by atoms with Gasteiger partial charge in [-0.05, 0) is 42.0 Å². The third kappa shape index (κ3) is 6.37. The van der Waals surface area contributed by atoms with E-state index < -0.39 is 10.0 Å². The third-order valence-corrected chi connectivity index (χ3v) is 5.70. The van der Waals surface area contributed by atoms with Crippen LogP contribution < -0.4 is 9.62 Å². The minimum absolute atomic E-state index is 0.155. The zero-order valence-corrected chi connectivity index (χ0v) is 17.9. The number of sulfonamides is 1. The molecular weight excluding hydrogens is 372 g/mol. The van der Waals surface area contributed by atoms with Crippen LogP contribution in [-0.2, 0) is 21.2 Å². The molecular formula is C22H30N2O3S. The van der Waals surface area contributed by atoms with Crippen molar-refractivity contribution in [1.29, 1.82) is 0 Å². The molecule has 2 aromatic carbocycles. The zero-order chi connectivity index (χ0) is 20.7. The van der Waals surface area contributed by atoms with E-state index in [2.05, 4.69) is 19.2 Å². The molecule has 2 aromatic rings. The first-order valence-corrected chi connectivity index (χ1v) is 11.5. The van der Waals surface area contributed by atoms with Crippen molar-refractivity contribution in [3.63, 3.8) is 0 Å². The second-order valence-corrected chi connectivity index (χ2v) is 9.36. The Bertz CT molecular complexity index is 862. The van der Waals surface area contributed by atoms with Crippen LogP contribution in [0.3, 0.4) is 0 Å². The third-order valence-electron chi connectivity index (χ3n) is 4.56. The molecule has 0 unspecified atom stereocenters. The van der Waals surface area contributed by atoms with Crippen LogP contribution in [0.25, 0.3) is 0 Å². The number of aryl methyl sites for hydroxylation is 1. The Kier molecular flexibility index (Phi) is 7.63. The molecule has 6 heteroatoms. The van der Waals surface area contributed by atoms with E-state index in [9.17, 15) is 13.2 Å². The van der Waals surface area contributed by atoms with Gasteiger partial charge in [-0.15, -0.1) is 0 Å². The quantitative estimate of drug-likeness (QED) is 0.691. The molecule has 1 N–H and O–H groups in total. The van der Waals surface area contributed by atoms with Crippen molar-refractivity contribution in [3.8, 4) is 0 Å². The Morgan fingerprint density at radius 3 is 2.14 bits per heavy atom. The fourth-order valence-electron chi connectivity index (χ4n) is 3.10. The molecule has 152 valence electrons. The van der Waals surface area contributed by atoms with Crippen LogP contribution in [0.1, 0.15) is 44.4 Å².